The summed E-state index contributed by atoms with van der Waals surface area (Å²) in [6.45, 7) is 1.79. The number of hydrogen-bond donors (Lipinski definition) is 0. The maximum absolute atomic E-state index is 12.4. The molecule has 1 heterocycles. The summed E-state index contributed by atoms with van der Waals surface area (Å²) in [5, 5.41) is 0. The second kappa shape index (κ2) is 5.48. The lowest BCUT2D eigenvalue weighted by Gasteiger charge is -2.11. The Bertz CT molecular complexity index is 616. The minimum absolute atomic E-state index is 0.228. The zero-order chi connectivity index (χ0) is 14.0. The third-order valence-electron chi connectivity index (χ3n) is 2.69. The van der Waals surface area contributed by atoms with Crippen LogP contribution in [-0.2, 0) is 0 Å². The Kier molecular flexibility index (Phi) is 3.95. The largest absolute Gasteiger partial charge is 0.495 e. The monoisotopic (exact) mass is 324 g/mol. The highest BCUT2D eigenvalue weighted by atomic mass is 79.9. The average Bonchev–Trinajstić information content (AvgIpc) is 2.84. The molecule has 4 nitrogen and oxygen atoms in total. The lowest BCUT2D eigenvalue weighted by Crippen LogP contribution is -2.04. The maximum Gasteiger partial charge on any atom is 0.231 e. The van der Waals surface area contributed by atoms with E-state index in [0.717, 1.165) is 0 Å². The molecule has 0 bridgehead atoms. The first-order chi connectivity index (χ1) is 9.08. The van der Waals surface area contributed by atoms with Crippen LogP contribution in [0.2, 0.25) is 0 Å². The Balaban J connectivity index is 2.50. The Hall–Kier alpha value is -1.75. The van der Waals surface area contributed by atoms with Gasteiger partial charge in [0, 0.05) is 0 Å². The van der Waals surface area contributed by atoms with Crippen LogP contribution < -0.4 is 9.47 Å². The molecule has 0 aliphatic heterocycles. The van der Waals surface area contributed by atoms with Crippen molar-refractivity contribution in [2.75, 3.05) is 14.2 Å². The van der Waals surface area contributed by atoms with Crippen molar-refractivity contribution in [1.82, 2.24) is 0 Å². The number of rotatable bonds is 4. The van der Waals surface area contributed by atoms with Crippen LogP contribution in [0.15, 0.2) is 33.2 Å². The van der Waals surface area contributed by atoms with Crippen LogP contribution in [0.25, 0.3) is 0 Å². The summed E-state index contributed by atoms with van der Waals surface area (Å²) in [4.78, 5) is 12.4. The van der Waals surface area contributed by atoms with E-state index in [2.05, 4.69) is 15.9 Å². The van der Waals surface area contributed by atoms with E-state index < -0.39 is 0 Å². The molecule has 0 aliphatic rings. The van der Waals surface area contributed by atoms with Gasteiger partial charge in [0.1, 0.15) is 21.7 Å². The molecule has 0 amide bonds. The van der Waals surface area contributed by atoms with Gasteiger partial charge in [-0.3, -0.25) is 4.79 Å². The second-order valence-corrected chi connectivity index (χ2v) is 4.70. The van der Waals surface area contributed by atoms with Gasteiger partial charge in [-0.2, -0.15) is 0 Å². The topological polar surface area (TPSA) is 48.7 Å². The van der Waals surface area contributed by atoms with Crippen molar-refractivity contribution in [2.24, 2.45) is 0 Å². The summed E-state index contributed by atoms with van der Waals surface area (Å²) >= 11 is 3.37. The summed E-state index contributed by atoms with van der Waals surface area (Å²) in [6, 6.07) is 6.76. The summed E-state index contributed by atoms with van der Waals surface area (Å²) in [7, 11) is 3.06. The Morgan fingerprint density at radius 1 is 1.16 bits per heavy atom. The van der Waals surface area contributed by atoms with Crippen LogP contribution in [0, 0.1) is 6.92 Å². The van der Waals surface area contributed by atoms with Crippen LogP contribution in [0.4, 0.5) is 0 Å². The Morgan fingerprint density at radius 3 is 2.42 bits per heavy atom. The van der Waals surface area contributed by atoms with Crippen LogP contribution in [0.5, 0.6) is 11.5 Å². The Morgan fingerprint density at radius 2 is 1.89 bits per heavy atom. The number of aryl methyl sites for hydroxylation is 1. The molecular weight excluding hydrogens is 312 g/mol. The third kappa shape index (κ3) is 2.51. The van der Waals surface area contributed by atoms with Crippen LogP contribution >= 0.6 is 15.9 Å². The van der Waals surface area contributed by atoms with Crippen molar-refractivity contribution in [3.63, 3.8) is 0 Å². The standard InChI is InChI=1S/C14H13BrO4/c1-8-4-6-11(19-8)13(16)9-5-7-10(17-2)12(15)14(9)18-3/h4-7H,1-3H3. The quantitative estimate of drug-likeness (QED) is 0.806. The second-order valence-electron chi connectivity index (χ2n) is 3.90. The smallest absolute Gasteiger partial charge is 0.231 e. The fourth-order valence-electron chi connectivity index (χ4n) is 1.76. The van der Waals surface area contributed by atoms with E-state index in [1.165, 1.54) is 7.11 Å². The van der Waals surface area contributed by atoms with Gasteiger partial charge in [0.15, 0.2) is 5.76 Å². The first kappa shape index (κ1) is 13.7. The molecule has 2 aromatic rings. The van der Waals surface area contributed by atoms with E-state index in [4.69, 9.17) is 13.9 Å². The zero-order valence-electron chi connectivity index (χ0n) is 10.8. The molecule has 0 aliphatic carbocycles. The minimum atomic E-state index is -0.228. The molecule has 0 saturated heterocycles. The molecule has 0 spiro atoms. The van der Waals surface area contributed by atoms with E-state index in [0.29, 0.717) is 27.3 Å². The fourth-order valence-corrected chi connectivity index (χ4v) is 2.43. The van der Waals surface area contributed by atoms with Crippen LogP contribution in [0.3, 0.4) is 0 Å². The normalized spacial score (nSPS) is 10.3. The van der Waals surface area contributed by atoms with Gasteiger partial charge < -0.3 is 13.9 Å². The SMILES string of the molecule is COc1ccc(C(=O)c2ccc(C)o2)c(OC)c1Br. The van der Waals surface area contributed by atoms with Gasteiger partial charge in [-0.25, -0.2) is 0 Å². The molecule has 0 N–H and O–H groups in total. The van der Waals surface area contributed by atoms with Gasteiger partial charge in [-0.05, 0) is 47.1 Å². The van der Waals surface area contributed by atoms with Gasteiger partial charge in [-0.1, -0.05) is 0 Å². The molecule has 0 radical (unpaired) electrons. The molecule has 2 rings (SSSR count). The predicted octanol–water partition coefficient (Wildman–Crippen LogP) is 3.60. The van der Waals surface area contributed by atoms with Crippen molar-refractivity contribution < 1.29 is 18.7 Å². The van der Waals surface area contributed by atoms with Gasteiger partial charge in [-0.15, -0.1) is 0 Å². The van der Waals surface area contributed by atoms with Gasteiger partial charge in [0.2, 0.25) is 5.78 Å². The average molecular weight is 325 g/mol. The lowest BCUT2D eigenvalue weighted by molar-refractivity contribution is 0.100. The molecule has 5 heteroatoms. The van der Waals surface area contributed by atoms with E-state index in [1.807, 2.05) is 0 Å². The number of ketones is 1. The molecule has 19 heavy (non-hydrogen) atoms. The number of benzene rings is 1. The number of furan rings is 1. The van der Waals surface area contributed by atoms with E-state index in [-0.39, 0.29) is 11.5 Å². The highest BCUT2D eigenvalue weighted by Gasteiger charge is 2.21. The first-order valence-electron chi connectivity index (χ1n) is 5.60. The van der Waals surface area contributed by atoms with Crippen molar-refractivity contribution >= 4 is 21.7 Å². The first-order valence-corrected chi connectivity index (χ1v) is 6.39. The molecule has 100 valence electrons. The van der Waals surface area contributed by atoms with E-state index in [1.54, 1.807) is 38.3 Å². The van der Waals surface area contributed by atoms with Crippen LogP contribution in [-0.4, -0.2) is 20.0 Å². The highest BCUT2D eigenvalue weighted by Crippen LogP contribution is 2.38. The molecule has 0 atom stereocenters. The van der Waals surface area contributed by atoms with E-state index >= 15 is 0 Å². The van der Waals surface area contributed by atoms with Crippen molar-refractivity contribution in [3.05, 3.63) is 45.8 Å². The molecular formula is C14H13BrO4. The number of carbonyl (C=O) groups is 1. The summed E-state index contributed by atoms with van der Waals surface area (Å²) in [5.41, 5.74) is 0.421. The van der Waals surface area contributed by atoms with Gasteiger partial charge in [0.25, 0.3) is 0 Å². The van der Waals surface area contributed by atoms with Crippen molar-refractivity contribution in [1.29, 1.82) is 0 Å². The predicted molar refractivity (Wildman–Crippen MR) is 74.1 cm³/mol. The van der Waals surface area contributed by atoms with Crippen molar-refractivity contribution in [2.45, 2.75) is 6.92 Å². The number of methoxy groups -OCH3 is 2. The Labute approximate surface area is 119 Å². The molecule has 1 aromatic carbocycles. The van der Waals surface area contributed by atoms with Gasteiger partial charge in [0.05, 0.1) is 19.8 Å². The zero-order valence-corrected chi connectivity index (χ0v) is 12.4. The lowest BCUT2D eigenvalue weighted by atomic mass is 10.1. The fraction of sp³-hybridized carbons (Fsp3) is 0.214. The summed E-state index contributed by atoms with van der Waals surface area (Å²) < 4.78 is 16.4. The summed E-state index contributed by atoms with van der Waals surface area (Å²) in [5.74, 6) is 1.78. The molecule has 1 aromatic heterocycles. The maximum atomic E-state index is 12.4. The van der Waals surface area contributed by atoms with Gasteiger partial charge >= 0.3 is 0 Å². The number of halogens is 1. The minimum Gasteiger partial charge on any atom is -0.495 e. The molecule has 0 saturated carbocycles. The highest BCUT2D eigenvalue weighted by molar-refractivity contribution is 9.10. The number of carbonyl (C=O) groups excluding carboxylic acids is 1. The van der Waals surface area contributed by atoms with Crippen molar-refractivity contribution in [3.8, 4) is 11.5 Å². The third-order valence-corrected chi connectivity index (χ3v) is 3.45. The molecule has 0 fully saturated rings. The molecule has 0 unspecified atom stereocenters. The van der Waals surface area contributed by atoms with Crippen LogP contribution in [0.1, 0.15) is 21.9 Å². The summed E-state index contributed by atoms with van der Waals surface area (Å²) in [6.07, 6.45) is 0. The number of hydrogen-bond acceptors (Lipinski definition) is 4. The number of ether oxygens (including phenoxy) is 2. The van der Waals surface area contributed by atoms with E-state index in [9.17, 15) is 4.79 Å².